The molecule has 0 fully saturated rings. The lowest BCUT2D eigenvalue weighted by Crippen LogP contribution is -2.33. The van der Waals surface area contributed by atoms with Gasteiger partial charge in [0.05, 0.1) is 14.2 Å². The van der Waals surface area contributed by atoms with E-state index in [1.54, 1.807) is 38.5 Å². The van der Waals surface area contributed by atoms with Gasteiger partial charge >= 0.3 is 5.63 Å². The van der Waals surface area contributed by atoms with Crippen molar-refractivity contribution in [2.45, 2.75) is 5.92 Å². The van der Waals surface area contributed by atoms with Crippen LogP contribution in [0.4, 0.5) is 0 Å². The van der Waals surface area contributed by atoms with Gasteiger partial charge in [-0.2, -0.15) is 0 Å². The zero-order valence-corrected chi connectivity index (χ0v) is 20.4. The van der Waals surface area contributed by atoms with Gasteiger partial charge < -0.3 is 28.9 Å². The number of amides is 1. The van der Waals surface area contributed by atoms with E-state index in [9.17, 15) is 9.59 Å². The Labute approximate surface area is 212 Å². The van der Waals surface area contributed by atoms with Crippen molar-refractivity contribution in [3.63, 3.8) is 0 Å². The fraction of sp³-hybridized carbons (Fsp3) is 0.172. The monoisotopic (exact) mass is 498 g/mol. The number of rotatable bonds is 9. The third-order valence-corrected chi connectivity index (χ3v) is 6.27. The molecule has 0 bridgehead atoms. The Bertz CT molecular complexity index is 1620. The van der Waals surface area contributed by atoms with Crippen molar-refractivity contribution in [3.8, 4) is 17.2 Å². The van der Waals surface area contributed by atoms with Gasteiger partial charge in [-0.15, -0.1) is 0 Å². The summed E-state index contributed by atoms with van der Waals surface area (Å²) in [4.78, 5) is 27.6. The average molecular weight is 499 g/mol. The van der Waals surface area contributed by atoms with Gasteiger partial charge in [-0.3, -0.25) is 4.79 Å². The molecule has 1 unspecified atom stereocenters. The molecule has 188 valence electrons. The first kappa shape index (κ1) is 24.0. The molecule has 37 heavy (non-hydrogen) atoms. The van der Waals surface area contributed by atoms with Crippen LogP contribution >= 0.6 is 0 Å². The number of hydrogen-bond acceptors (Lipinski definition) is 6. The maximum Gasteiger partial charge on any atom is 0.336 e. The van der Waals surface area contributed by atoms with Crippen LogP contribution in [-0.4, -0.2) is 38.3 Å². The number of benzene rings is 3. The smallest absolute Gasteiger partial charge is 0.336 e. The topological polar surface area (TPSA) is 103 Å². The quantitative estimate of drug-likeness (QED) is 0.288. The predicted molar refractivity (Wildman–Crippen MR) is 141 cm³/mol. The number of methoxy groups -OCH3 is 2. The van der Waals surface area contributed by atoms with E-state index in [-0.39, 0.29) is 18.4 Å². The summed E-state index contributed by atoms with van der Waals surface area (Å²) >= 11 is 0. The first-order chi connectivity index (χ1) is 18.1. The van der Waals surface area contributed by atoms with Crippen molar-refractivity contribution in [2.75, 3.05) is 27.4 Å². The molecular formula is C29H26N2O6. The van der Waals surface area contributed by atoms with E-state index in [0.717, 1.165) is 27.4 Å². The van der Waals surface area contributed by atoms with Crippen LogP contribution in [-0.2, 0) is 4.79 Å². The summed E-state index contributed by atoms with van der Waals surface area (Å²) in [7, 11) is 3.20. The molecule has 8 heteroatoms. The fourth-order valence-electron chi connectivity index (χ4n) is 4.50. The first-order valence-electron chi connectivity index (χ1n) is 11.8. The molecule has 0 saturated carbocycles. The number of carbonyl (C=O) groups excluding carboxylic acids is 1. The average Bonchev–Trinajstić information content (AvgIpc) is 3.35. The van der Waals surface area contributed by atoms with Crippen molar-refractivity contribution in [1.82, 2.24) is 10.3 Å². The van der Waals surface area contributed by atoms with E-state index in [2.05, 4.69) is 10.3 Å². The molecule has 0 aliphatic heterocycles. The first-order valence-corrected chi connectivity index (χ1v) is 11.8. The second-order valence-electron chi connectivity index (χ2n) is 8.47. The zero-order chi connectivity index (χ0) is 25.8. The predicted octanol–water partition coefficient (Wildman–Crippen LogP) is 4.62. The van der Waals surface area contributed by atoms with Crippen LogP contribution in [0.15, 0.2) is 88.2 Å². The minimum atomic E-state index is -0.446. The molecule has 0 aliphatic carbocycles. The van der Waals surface area contributed by atoms with Crippen LogP contribution in [0.1, 0.15) is 17.0 Å². The summed E-state index contributed by atoms with van der Waals surface area (Å²) in [5.41, 5.74) is 2.86. The van der Waals surface area contributed by atoms with Gasteiger partial charge in [-0.25, -0.2) is 4.79 Å². The van der Waals surface area contributed by atoms with E-state index < -0.39 is 5.63 Å². The maximum absolute atomic E-state index is 12.8. The number of para-hydroxylation sites is 2. The van der Waals surface area contributed by atoms with E-state index in [1.165, 1.54) is 6.07 Å². The van der Waals surface area contributed by atoms with Gasteiger partial charge in [0.25, 0.3) is 5.91 Å². The second kappa shape index (κ2) is 10.5. The minimum absolute atomic E-state index is 0.196. The van der Waals surface area contributed by atoms with Crippen LogP contribution < -0.4 is 25.2 Å². The molecule has 1 atom stereocenters. The maximum atomic E-state index is 12.8. The van der Waals surface area contributed by atoms with Gasteiger partial charge in [0.2, 0.25) is 0 Å². The number of fused-ring (bicyclic) bond motifs is 2. The molecule has 2 aromatic heterocycles. The Hall–Kier alpha value is -4.72. The highest BCUT2D eigenvalue weighted by Crippen LogP contribution is 2.40. The van der Waals surface area contributed by atoms with Gasteiger partial charge in [-0.1, -0.05) is 30.3 Å². The summed E-state index contributed by atoms with van der Waals surface area (Å²) in [6.45, 7) is 0.110. The highest BCUT2D eigenvalue weighted by atomic mass is 16.5. The normalized spacial score (nSPS) is 11.8. The molecule has 2 heterocycles. The van der Waals surface area contributed by atoms with Crippen molar-refractivity contribution < 1.29 is 23.4 Å². The number of carbonyl (C=O) groups is 1. The molecule has 5 rings (SSSR count). The molecule has 0 spiro atoms. The highest BCUT2D eigenvalue weighted by molar-refractivity contribution is 5.85. The van der Waals surface area contributed by atoms with Crippen LogP contribution in [0.5, 0.6) is 17.2 Å². The molecule has 3 aromatic carbocycles. The van der Waals surface area contributed by atoms with Gasteiger partial charge in [0, 0.05) is 52.6 Å². The summed E-state index contributed by atoms with van der Waals surface area (Å²) < 4.78 is 22.1. The number of H-pyrrole nitrogens is 1. The number of aromatic nitrogens is 1. The van der Waals surface area contributed by atoms with E-state index in [1.807, 2.05) is 48.7 Å². The van der Waals surface area contributed by atoms with Crippen LogP contribution in [0.3, 0.4) is 0 Å². The molecule has 8 nitrogen and oxygen atoms in total. The molecule has 0 aliphatic rings. The molecule has 0 saturated heterocycles. The Morgan fingerprint density at radius 3 is 2.65 bits per heavy atom. The largest absolute Gasteiger partial charge is 0.493 e. The Morgan fingerprint density at radius 2 is 1.81 bits per heavy atom. The standard InChI is InChI=1S/C29H26N2O6/c1-34-25-9-5-7-21(29(25)35-2)23(22-15-30-24-8-4-3-6-20(22)24)16-31-27(32)17-36-19-12-10-18-11-13-28(33)37-26(18)14-19/h3-15,23,30H,16-17H2,1-2H3,(H,31,32). The minimum Gasteiger partial charge on any atom is -0.493 e. The van der Waals surface area contributed by atoms with E-state index in [0.29, 0.717) is 29.4 Å². The summed E-state index contributed by atoms with van der Waals surface area (Å²) in [6, 6.07) is 21.9. The molecular weight excluding hydrogens is 472 g/mol. The highest BCUT2D eigenvalue weighted by Gasteiger charge is 2.24. The number of ether oxygens (including phenoxy) is 3. The molecule has 1 amide bonds. The Kier molecular flexibility index (Phi) is 6.81. The van der Waals surface area contributed by atoms with Gasteiger partial charge in [0.1, 0.15) is 11.3 Å². The van der Waals surface area contributed by atoms with Crippen LogP contribution in [0.2, 0.25) is 0 Å². The van der Waals surface area contributed by atoms with E-state index >= 15 is 0 Å². The Balaban J connectivity index is 1.37. The third kappa shape index (κ3) is 4.99. The molecule has 2 N–H and O–H groups in total. The molecule has 5 aromatic rings. The second-order valence-corrected chi connectivity index (χ2v) is 8.47. The van der Waals surface area contributed by atoms with Gasteiger partial charge in [0.15, 0.2) is 18.1 Å². The number of aromatic amines is 1. The lowest BCUT2D eigenvalue weighted by Gasteiger charge is -2.22. The van der Waals surface area contributed by atoms with Crippen LogP contribution in [0, 0.1) is 0 Å². The summed E-state index contributed by atoms with van der Waals surface area (Å²) in [5.74, 6) is 1.15. The lowest BCUT2D eigenvalue weighted by molar-refractivity contribution is -0.123. The summed E-state index contributed by atoms with van der Waals surface area (Å²) in [5, 5.41) is 4.82. The molecule has 0 radical (unpaired) electrons. The third-order valence-electron chi connectivity index (χ3n) is 6.27. The van der Waals surface area contributed by atoms with Gasteiger partial charge in [-0.05, 0) is 35.9 Å². The Morgan fingerprint density at radius 1 is 0.973 bits per heavy atom. The van der Waals surface area contributed by atoms with Crippen molar-refractivity contribution >= 4 is 27.8 Å². The number of hydrogen-bond donors (Lipinski definition) is 2. The van der Waals surface area contributed by atoms with E-state index in [4.69, 9.17) is 18.6 Å². The SMILES string of the molecule is COc1cccc(C(CNC(=O)COc2ccc3ccc(=O)oc3c2)c2c[nH]c3ccccc23)c1OC. The van der Waals surface area contributed by atoms with Crippen molar-refractivity contribution in [2.24, 2.45) is 0 Å². The summed E-state index contributed by atoms with van der Waals surface area (Å²) in [6.07, 6.45) is 1.96. The lowest BCUT2D eigenvalue weighted by atomic mass is 9.90. The van der Waals surface area contributed by atoms with Crippen molar-refractivity contribution in [3.05, 3.63) is 101 Å². The van der Waals surface area contributed by atoms with Crippen molar-refractivity contribution in [1.29, 1.82) is 0 Å². The zero-order valence-electron chi connectivity index (χ0n) is 20.4. The number of nitrogens with one attached hydrogen (secondary N) is 2. The van der Waals surface area contributed by atoms with Crippen LogP contribution in [0.25, 0.3) is 21.9 Å². The fourth-order valence-corrected chi connectivity index (χ4v) is 4.50.